The van der Waals surface area contributed by atoms with Gasteiger partial charge < -0.3 is 10.1 Å². The first-order valence-electron chi connectivity index (χ1n) is 5.99. The topological polar surface area (TPSA) is 21.3 Å². The van der Waals surface area contributed by atoms with E-state index in [2.05, 4.69) is 19.2 Å². The number of ether oxygens (including phenoxy) is 1. The molecular weight excluding hydrogens is 174 g/mol. The average molecular weight is 199 g/mol. The minimum absolute atomic E-state index is 0.598. The fourth-order valence-corrected chi connectivity index (χ4v) is 2.31. The number of hydrogen-bond donors (Lipinski definition) is 1. The summed E-state index contributed by atoms with van der Waals surface area (Å²) in [4.78, 5) is 0. The van der Waals surface area contributed by atoms with Crippen LogP contribution in [0.5, 0.6) is 0 Å². The van der Waals surface area contributed by atoms with Crippen LogP contribution in [-0.4, -0.2) is 25.8 Å². The molecule has 1 aliphatic carbocycles. The first kappa shape index (κ1) is 12.0. The molecule has 0 amide bonds. The molecular formula is C12H25NO. The Morgan fingerprint density at radius 1 is 1.36 bits per heavy atom. The first-order chi connectivity index (χ1) is 6.74. The minimum atomic E-state index is 0.598. The Labute approximate surface area is 88.4 Å². The molecule has 3 atom stereocenters. The predicted octanol–water partition coefficient (Wildman–Crippen LogP) is 2.58. The standard InChI is InChI=1S/C12H25NO/c1-10-6-4-5-7-12(10)13-11(2)8-9-14-3/h10-13H,4-9H2,1-3H3. The number of methoxy groups -OCH3 is 1. The van der Waals surface area contributed by atoms with Gasteiger partial charge in [0.2, 0.25) is 0 Å². The van der Waals surface area contributed by atoms with E-state index in [1.807, 2.05) is 0 Å². The molecule has 0 spiro atoms. The van der Waals surface area contributed by atoms with Crippen LogP contribution in [0.25, 0.3) is 0 Å². The maximum Gasteiger partial charge on any atom is 0.0476 e. The summed E-state index contributed by atoms with van der Waals surface area (Å²) in [6, 6.07) is 1.34. The van der Waals surface area contributed by atoms with E-state index in [9.17, 15) is 0 Å². The lowest BCUT2D eigenvalue weighted by molar-refractivity contribution is 0.175. The monoisotopic (exact) mass is 199 g/mol. The Morgan fingerprint density at radius 3 is 2.71 bits per heavy atom. The second-order valence-electron chi connectivity index (χ2n) is 4.72. The molecule has 84 valence electrons. The van der Waals surface area contributed by atoms with Gasteiger partial charge in [0.1, 0.15) is 0 Å². The highest BCUT2D eigenvalue weighted by Crippen LogP contribution is 2.24. The van der Waals surface area contributed by atoms with Crippen molar-refractivity contribution in [3.05, 3.63) is 0 Å². The molecule has 1 fully saturated rings. The number of hydrogen-bond acceptors (Lipinski definition) is 2. The Hall–Kier alpha value is -0.0800. The highest BCUT2D eigenvalue weighted by molar-refractivity contribution is 4.80. The molecule has 2 heteroatoms. The van der Waals surface area contributed by atoms with Crippen molar-refractivity contribution >= 4 is 0 Å². The molecule has 3 unspecified atom stereocenters. The van der Waals surface area contributed by atoms with Crippen LogP contribution in [0, 0.1) is 5.92 Å². The molecule has 2 nitrogen and oxygen atoms in total. The van der Waals surface area contributed by atoms with Crippen molar-refractivity contribution in [2.45, 2.75) is 58.0 Å². The van der Waals surface area contributed by atoms with Crippen LogP contribution in [0.4, 0.5) is 0 Å². The second kappa shape index (κ2) is 6.41. The second-order valence-corrected chi connectivity index (χ2v) is 4.72. The van der Waals surface area contributed by atoms with Crippen LogP contribution in [0.15, 0.2) is 0 Å². The number of rotatable bonds is 5. The zero-order valence-corrected chi connectivity index (χ0v) is 9.88. The first-order valence-corrected chi connectivity index (χ1v) is 5.99. The third-order valence-corrected chi connectivity index (χ3v) is 3.37. The Balaban J connectivity index is 2.20. The predicted molar refractivity (Wildman–Crippen MR) is 60.5 cm³/mol. The summed E-state index contributed by atoms with van der Waals surface area (Å²) in [5.74, 6) is 0.855. The lowest BCUT2D eigenvalue weighted by atomic mass is 9.85. The van der Waals surface area contributed by atoms with E-state index >= 15 is 0 Å². The maximum atomic E-state index is 5.09. The van der Waals surface area contributed by atoms with E-state index in [0.29, 0.717) is 6.04 Å². The van der Waals surface area contributed by atoms with Crippen LogP contribution in [-0.2, 0) is 4.74 Å². The fourth-order valence-electron chi connectivity index (χ4n) is 2.31. The van der Waals surface area contributed by atoms with Crippen LogP contribution >= 0.6 is 0 Å². The van der Waals surface area contributed by atoms with Crippen molar-refractivity contribution < 1.29 is 4.74 Å². The van der Waals surface area contributed by atoms with Crippen molar-refractivity contribution in [3.8, 4) is 0 Å². The zero-order chi connectivity index (χ0) is 10.4. The molecule has 0 heterocycles. The van der Waals surface area contributed by atoms with Crippen molar-refractivity contribution in [3.63, 3.8) is 0 Å². The van der Waals surface area contributed by atoms with Crippen molar-refractivity contribution in [2.24, 2.45) is 5.92 Å². The summed E-state index contributed by atoms with van der Waals surface area (Å²) in [7, 11) is 1.77. The molecule has 0 aliphatic heterocycles. The molecule has 0 aromatic carbocycles. The Bertz CT molecular complexity index is 149. The van der Waals surface area contributed by atoms with Crippen LogP contribution < -0.4 is 5.32 Å². The lowest BCUT2D eigenvalue weighted by Crippen LogP contribution is -2.42. The summed E-state index contributed by atoms with van der Waals surface area (Å²) in [5.41, 5.74) is 0. The van der Waals surface area contributed by atoms with Crippen LogP contribution in [0.1, 0.15) is 46.0 Å². The van der Waals surface area contributed by atoms with Gasteiger partial charge in [0.05, 0.1) is 0 Å². The van der Waals surface area contributed by atoms with E-state index in [1.165, 1.54) is 25.7 Å². The van der Waals surface area contributed by atoms with Gasteiger partial charge in [-0.2, -0.15) is 0 Å². The smallest absolute Gasteiger partial charge is 0.0476 e. The molecule has 0 aromatic heterocycles. The molecule has 1 saturated carbocycles. The van der Waals surface area contributed by atoms with Gasteiger partial charge >= 0.3 is 0 Å². The van der Waals surface area contributed by atoms with Gasteiger partial charge in [-0.3, -0.25) is 0 Å². The quantitative estimate of drug-likeness (QED) is 0.735. The summed E-state index contributed by atoms with van der Waals surface area (Å²) in [6.07, 6.45) is 6.71. The molecule has 0 bridgehead atoms. The van der Waals surface area contributed by atoms with Crippen molar-refractivity contribution in [1.82, 2.24) is 5.32 Å². The molecule has 1 aliphatic rings. The van der Waals surface area contributed by atoms with Gasteiger partial charge in [0, 0.05) is 25.8 Å². The van der Waals surface area contributed by atoms with E-state index in [1.54, 1.807) is 7.11 Å². The molecule has 0 saturated heterocycles. The molecule has 0 radical (unpaired) electrons. The molecule has 0 aromatic rings. The highest BCUT2D eigenvalue weighted by Gasteiger charge is 2.21. The fraction of sp³-hybridized carbons (Fsp3) is 1.00. The van der Waals surface area contributed by atoms with E-state index in [0.717, 1.165) is 25.0 Å². The highest BCUT2D eigenvalue weighted by atomic mass is 16.5. The normalized spacial score (nSPS) is 30.2. The number of nitrogens with one attached hydrogen (secondary N) is 1. The maximum absolute atomic E-state index is 5.09. The van der Waals surface area contributed by atoms with Gasteiger partial charge in [0.15, 0.2) is 0 Å². The largest absolute Gasteiger partial charge is 0.385 e. The van der Waals surface area contributed by atoms with Gasteiger partial charge in [-0.1, -0.05) is 19.8 Å². The van der Waals surface area contributed by atoms with E-state index in [4.69, 9.17) is 4.74 Å². The van der Waals surface area contributed by atoms with Crippen LogP contribution in [0.2, 0.25) is 0 Å². The molecule has 1 rings (SSSR count). The van der Waals surface area contributed by atoms with E-state index < -0.39 is 0 Å². The Kier molecular flexibility index (Phi) is 5.49. The summed E-state index contributed by atoms with van der Waals surface area (Å²) in [5, 5.41) is 3.72. The Morgan fingerprint density at radius 2 is 2.07 bits per heavy atom. The van der Waals surface area contributed by atoms with Gasteiger partial charge in [-0.25, -0.2) is 0 Å². The summed E-state index contributed by atoms with van der Waals surface area (Å²) >= 11 is 0. The molecule has 14 heavy (non-hydrogen) atoms. The SMILES string of the molecule is COCCC(C)NC1CCCCC1C. The summed E-state index contributed by atoms with van der Waals surface area (Å²) in [6.45, 7) is 5.51. The van der Waals surface area contributed by atoms with Gasteiger partial charge in [0.25, 0.3) is 0 Å². The summed E-state index contributed by atoms with van der Waals surface area (Å²) < 4.78 is 5.09. The average Bonchev–Trinajstić information content (AvgIpc) is 2.18. The van der Waals surface area contributed by atoms with Crippen molar-refractivity contribution in [1.29, 1.82) is 0 Å². The van der Waals surface area contributed by atoms with Crippen LogP contribution in [0.3, 0.4) is 0 Å². The molecule has 1 N–H and O–H groups in total. The third-order valence-electron chi connectivity index (χ3n) is 3.37. The minimum Gasteiger partial charge on any atom is -0.385 e. The zero-order valence-electron chi connectivity index (χ0n) is 9.88. The van der Waals surface area contributed by atoms with Gasteiger partial charge in [-0.05, 0) is 32.1 Å². The third kappa shape index (κ3) is 3.97. The van der Waals surface area contributed by atoms with Gasteiger partial charge in [-0.15, -0.1) is 0 Å². The lowest BCUT2D eigenvalue weighted by Gasteiger charge is -2.32. The van der Waals surface area contributed by atoms with E-state index in [-0.39, 0.29) is 0 Å². The van der Waals surface area contributed by atoms with Crippen molar-refractivity contribution in [2.75, 3.05) is 13.7 Å².